The van der Waals surface area contributed by atoms with Gasteiger partial charge in [0.1, 0.15) is 5.15 Å². The quantitative estimate of drug-likeness (QED) is 0.410. The highest BCUT2D eigenvalue weighted by Gasteiger charge is 2.09. The standard InChI is InChI=1S/C16H11BrClN3O2/c1-9-2-3-10-7-11(15(18)20-12(10)6-9)8-19-21-16(22)13-4-5-14(17)23-13/h2-8H,1H3,(H,21,22)/b19-8+. The molecule has 23 heavy (non-hydrogen) atoms. The largest absolute Gasteiger partial charge is 0.444 e. The van der Waals surface area contributed by atoms with Crippen molar-refractivity contribution in [1.82, 2.24) is 10.4 Å². The summed E-state index contributed by atoms with van der Waals surface area (Å²) in [6.45, 7) is 1.99. The van der Waals surface area contributed by atoms with Crippen LogP contribution in [0.2, 0.25) is 5.15 Å². The second-order valence-corrected chi connectivity index (χ2v) is 6.01. The number of hydrogen-bond acceptors (Lipinski definition) is 4. The third-order valence-electron chi connectivity index (χ3n) is 3.12. The van der Waals surface area contributed by atoms with Crippen LogP contribution in [0.3, 0.4) is 0 Å². The summed E-state index contributed by atoms with van der Waals surface area (Å²) in [4.78, 5) is 16.1. The molecular weight excluding hydrogens is 382 g/mol. The molecule has 0 spiro atoms. The minimum Gasteiger partial charge on any atom is -0.444 e. The van der Waals surface area contributed by atoms with E-state index in [1.807, 2.05) is 31.2 Å². The van der Waals surface area contributed by atoms with Crippen molar-refractivity contribution in [2.45, 2.75) is 6.92 Å². The highest BCUT2D eigenvalue weighted by Crippen LogP contribution is 2.20. The molecule has 1 N–H and O–H groups in total. The Kier molecular flexibility index (Phi) is 4.45. The number of carbonyl (C=O) groups is 1. The van der Waals surface area contributed by atoms with Gasteiger partial charge in [-0.05, 0) is 52.7 Å². The molecule has 1 amide bonds. The molecule has 0 saturated heterocycles. The van der Waals surface area contributed by atoms with Crippen LogP contribution in [0.15, 0.2) is 50.6 Å². The van der Waals surface area contributed by atoms with Gasteiger partial charge < -0.3 is 4.42 Å². The fourth-order valence-electron chi connectivity index (χ4n) is 2.01. The minimum absolute atomic E-state index is 0.159. The third-order valence-corrected chi connectivity index (χ3v) is 3.85. The molecule has 7 heteroatoms. The van der Waals surface area contributed by atoms with Crippen LogP contribution in [-0.2, 0) is 0 Å². The van der Waals surface area contributed by atoms with Gasteiger partial charge in [0.25, 0.3) is 0 Å². The lowest BCUT2D eigenvalue weighted by Gasteiger charge is -2.03. The molecule has 116 valence electrons. The number of hydrazone groups is 1. The van der Waals surface area contributed by atoms with E-state index in [9.17, 15) is 4.79 Å². The highest BCUT2D eigenvalue weighted by molar-refractivity contribution is 9.10. The number of pyridine rings is 1. The van der Waals surface area contributed by atoms with Crippen LogP contribution in [-0.4, -0.2) is 17.1 Å². The Bertz CT molecular complexity index is 921. The Hall–Kier alpha value is -2.18. The first-order valence-electron chi connectivity index (χ1n) is 6.68. The molecule has 0 saturated carbocycles. The number of nitrogens with one attached hydrogen (secondary N) is 1. The number of fused-ring (bicyclic) bond motifs is 1. The van der Waals surface area contributed by atoms with Crippen molar-refractivity contribution in [1.29, 1.82) is 0 Å². The molecule has 2 heterocycles. The molecule has 0 bridgehead atoms. The van der Waals surface area contributed by atoms with Gasteiger partial charge in [0.15, 0.2) is 10.4 Å². The molecule has 0 unspecified atom stereocenters. The summed E-state index contributed by atoms with van der Waals surface area (Å²) in [5.74, 6) is -0.292. The number of halogens is 2. The monoisotopic (exact) mass is 391 g/mol. The summed E-state index contributed by atoms with van der Waals surface area (Å²) in [6.07, 6.45) is 1.45. The van der Waals surface area contributed by atoms with E-state index >= 15 is 0 Å². The van der Waals surface area contributed by atoms with Crippen molar-refractivity contribution in [3.63, 3.8) is 0 Å². The topological polar surface area (TPSA) is 67.5 Å². The number of aromatic nitrogens is 1. The van der Waals surface area contributed by atoms with E-state index in [1.165, 1.54) is 6.21 Å². The van der Waals surface area contributed by atoms with E-state index in [2.05, 4.69) is 31.4 Å². The van der Waals surface area contributed by atoms with Crippen molar-refractivity contribution in [2.24, 2.45) is 5.10 Å². The number of amides is 1. The zero-order valence-corrected chi connectivity index (χ0v) is 14.4. The van der Waals surface area contributed by atoms with Crippen LogP contribution in [0.4, 0.5) is 0 Å². The van der Waals surface area contributed by atoms with Crippen LogP contribution in [0.25, 0.3) is 10.9 Å². The molecule has 5 nitrogen and oxygen atoms in total. The number of nitrogens with zero attached hydrogens (tertiary/aromatic N) is 2. The van der Waals surface area contributed by atoms with Gasteiger partial charge >= 0.3 is 5.91 Å². The lowest BCUT2D eigenvalue weighted by molar-refractivity contribution is 0.0926. The molecule has 3 aromatic rings. The van der Waals surface area contributed by atoms with Crippen molar-refractivity contribution >= 4 is 50.6 Å². The van der Waals surface area contributed by atoms with Gasteiger partial charge in [-0.3, -0.25) is 4.79 Å². The van der Waals surface area contributed by atoms with Gasteiger partial charge in [-0.15, -0.1) is 0 Å². The predicted molar refractivity (Wildman–Crippen MR) is 93.0 cm³/mol. The zero-order chi connectivity index (χ0) is 16.4. The molecule has 2 aromatic heterocycles. The van der Waals surface area contributed by atoms with E-state index in [0.29, 0.717) is 15.4 Å². The third kappa shape index (κ3) is 3.60. The average Bonchev–Trinajstić information content (AvgIpc) is 2.94. The SMILES string of the molecule is Cc1ccc2cc(/C=N/NC(=O)c3ccc(Br)o3)c(Cl)nc2c1. The van der Waals surface area contributed by atoms with Crippen LogP contribution in [0, 0.1) is 6.92 Å². The second kappa shape index (κ2) is 6.52. The number of furan rings is 1. The van der Waals surface area contributed by atoms with Crippen LogP contribution in [0.5, 0.6) is 0 Å². The highest BCUT2D eigenvalue weighted by atomic mass is 79.9. The molecule has 0 atom stereocenters. The predicted octanol–water partition coefficient (Wildman–Crippen LogP) is 4.32. The number of benzene rings is 1. The molecular formula is C16H11BrClN3O2. The van der Waals surface area contributed by atoms with Gasteiger partial charge in [0.05, 0.1) is 11.7 Å². The first kappa shape index (κ1) is 15.7. The van der Waals surface area contributed by atoms with Gasteiger partial charge in [-0.1, -0.05) is 23.7 Å². The normalized spacial score (nSPS) is 11.3. The number of hydrogen-bond donors (Lipinski definition) is 1. The Morgan fingerprint density at radius 2 is 2.17 bits per heavy atom. The van der Waals surface area contributed by atoms with Crippen molar-refractivity contribution in [3.05, 3.63) is 63.1 Å². The molecule has 0 aliphatic carbocycles. The molecule has 0 radical (unpaired) electrons. The summed E-state index contributed by atoms with van der Waals surface area (Å²) in [5, 5.41) is 5.16. The van der Waals surface area contributed by atoms with Crippen molar-refractivity contribution in [3.8, 4) is 0 Å². The Labute approximate surface area is 145 Å². The summed E-state index contributed by atoms with van der Waals surface area (Å²) in [6, 6.07) is 11.0. The Morgan fingerprint density at radius 3 is 2.91 bits per heavy atom. The number of aryl methyl sites for hydroxylation is 1. The van der Waals surface area contributed by atoms with Crippen LogP contribution in [0.1, 0.15) is 21.7 Å². The van der Waals surface area contributed by atoms with Crippen molar-refractivity contribution in [2.75, 3.05) is 0 Å². The number of carbonyl (C=O) groups excluding carboxylic acids is 1. The molecule has 0 aliphatic heterocycles. The van der Waals surface area contributed by atoms with Crippen LogP contribution < -0.4 is 5.43 Å². The van der Waals surface area contributed by atoms with Gasteiger partial charge in [0.2, 0.25) is 0 Å². The first-order chi connectivity index (χ1) is 11.0. The maximum Gasteiger partial charge on any atom is 0.307 e. The fourth-order valence-corrected chi connectivity index (χ4v) is 2.51. The molecule has 1 aromatic carbocycles. The summed E-state index contributed by atoms with van der Waals surface area (Å²) < 4.78 is 5.61. The van der Waals surface area contributed by atoms with E-state index in [4.69, 9.17) is 16.0 Å². The smallest absolute Gasteiger partial charge is 0.307 e. The van der Waals surface area contributed by atoms with E-state index in [-0.39, 0.29) is 5.76 Å². The molecule has 3 rings (SSSR count). The first-order valence-corrected chi connectivity index (χ1v) is 7.86. The number of rotatable bonds is 3. The summed E-state index contributed by atoms with van der Waals surface area (Å²) in [7, 11) is 0. The van der Waals surface area contributed by atoms with Crippen LogP contribution >= 0.6 is 27.5 Å². The maximum atomic E-state index is 11.8. The van der Waals surface area contributed by atoms with E-state index in [1.54, 1.807) is 12.1 Å². The Morgan fingerprint density at radius 1 is 1.35 bits per heavy atom. The summed E-state index contributed by atoms with van der Waals surface area (Å²) >= 11 is 9.28. The minimum atomic E-state index is -0.451. The average molecular weight is 393 g/mol. The fraction of sp³-hybridized carbons (Fsp3) is 0.0625. The lowest BCUT2D eigenvalue weighted by atomic mass is 10.1. The lowest BCUT2D eigenvalue weighted by Crippen LogP contribution is -2.16. The zero-order valence-electron chi connectivity index (χ0n) is 12.0. The second-order valence-electron chi connectivity index (χ2n) is 4.87. The molecule has 0 fully saturated rings. The molecule has 0 aliphatic rings. The van der Waals surface area contributed by atoms with Gasteiger partial charge in [0, 0.05) is 10.9 Å². The Balaban J connectivity index is 1.79. The van der Waals surface area contributed by atoms with Crippen molar-refractivity contribution < 1.29 is 9.21 Å². The maximum absolute atomic E-state index is 11.8. The van der Waals surface area contributed by atoms with E-state index < -0.39 is 5.91 Å². The van der Waals surface area contributed by atoms with Gasteiger partial charge in [-0.25, -0.2) is 10.4 Å². The van der Waals surface area contributed by atoms with Gasteiger partial charge in [-0.2, -0.15) is 5.10 Å². The summed E-state index contributed by atoms with van der Waals surface area (Å²) in [5.41, 5.74) is 4.92. The van der Waals surface area contributed by atoms with E-state index in [0.717, 1.165) is 16.5 Å².